The minimum Gasteiger partial charge on any atom is -0.497 e. The molecule has 0 radical (unpaired) electrons. The van der Waals surface area contributed by atoms with Crippen LogP contribution in [0.25, 0.3) is 0 Å². The van der Waals surface area contributed by atoms with Gasteiger partial charge in [0.15, 0.2) is 0 Å². The number of halogens is 1. The van der Waals surface area contributed by atoms with Crippen LogP contribution in [0.4, 0.5) is 0 Å². The van der Waals surface area contributed by atoms with Crippen LogP contribution in [0.1, 0.15) is 5.56 Å². The summed E-state index contributed by atoms with van der Waals surface area (Å²) in [5.41, 5.74) is 0.866. The first-order valence-electron chi connectivity index (χ1n) is 4.45. The lowest BCUT2D eigenvalue weighted by molar-refractivity contribution is 0.140. The van der Waals surface area contributed by atoms with Crippen LogP contribution in [0.15, 0.2) is 12.1 Å². The van der Waals surface area contributed by atoms with Crippen LogP contribution < -0.4 is 15.4 Å². The summed E-state index contributed by atoms with van der Waals surface area (Å²) in [7, 11) is 3.16. The Labute approximate surface area is 93.8 Å². The Morgan fingerprint density at radius 3 is 2.53 bits per heavy atom. The average molecular weight is 232 g/mol. The van der Waals surface area contributed by atoms with Crippen molar-refractivity contribution in [2.45, 2.75) is 6.42 Å². The second kappa shape index (κ2) is 5.80. The molecule has 1 aromatic carbocycles. The van der Waals surface area contributed by atoms with Crippen LogP contribution in [0.5, 0.6) is 11.5 Å². The van der Waals surface area contributed by atoms with E-state index in [0.29, 0.717) is 29.5 Å². The lowest BCUT2D eigenvalue weighted by atomic mass is 10.1. The van der Waals surface area contributed by atoms with E-state index >= 15 is 0 Å². The van der Waals surface area contributed by atoms with Crippen LogP contribution in [0.3, 0.4) is 0 Å². The lowest BCUT2D eigenvalue weighted by Gasteiger charge is -2.11. The number of hydrogen-bond donors (Lipinski definition) is 1. The molecule has 4 nitrogen and oxygen atoms in total. The molecule has 0 aromatic heterocycles. The molecule has 5 heteroatoms. The molecule has 84 valence electrons. The molecule has 15 heavy (non-hydrogen) atoms. The van der Waals surface area contributed by atoms with Gasteiger partial charge in [0.25, 0.3) is 0 Å². The maximum Gasteiger partial charge on any atom is 0.127 e. The third-order valence-electron chi connectivity index (χ3n) is 2.05. The third-order valence-corrected chi connectivity index (χ3v) is 2.39. The number of hydrogen-bond acceptors (Lipinski definition) is 4. The summed E-state index contributed by atoms with van der Waals surface area (Å²) < 4.78 is 10.3. The molecule has 0 aliphatic rings. The van der Waals surface area contributed by atoms with Gasteiger partial charge < -0.3 is 14.3 Å². The fraction of sp³-hybridized carbons (Fsp3) is 0.400. The van der Waals surface area contributed by atoms with Crippen molar-refractivity contribution in [2.75, 3.05) is 20.8 Å². The van der Waals surface area contributed by atoms with E-state index in [2.05, 4.69) is 4.84 Å². The summed E-state index contributed by atoms with van der Waals surface area (Å²) >= 11 is 6.07. The fourth-order valence-electron chi connectivity index (χ4n) is 1.29. The second-order valence-electron chi connectivity index (χ2n) is 2.91. The summed E-state index contributed by atoms with van der Waals surface area (Å²) in [5.74, 6) is 6.30. The van der Waals surface area contributed by atoms with E-state index in [1.165, 1.54) is 0 Å². The highest BCUT2D eigenvalue weighted by Crippen LogP contribution is 2.32. The Morgan fingerprint density at radius 2 is 2.00 bits per heavy atom. The molecular formula is C10H14ClNO3. The molecule has 1 aromatic rings. The monoisotopic (exact) mass is 231 g/mol. The Morgan fingerprint density at radius 1 is 1.27 bits per heavy atom. The standard InChI is InChI=1S/C10H14ClNO3/c1-13-7-5-9(11)8(3-4-15-12)10(6-7)14-2/h5-6H,3-4,12H2,1-2H3. The van der Waals surface area contributed by atoms with E-state index < -0.39 is 0 Å². The summed E-state index contributed by atoms with van der Waals surface area (Å²) in [6.07, 6.45) is 0.600. The molecule has 0 bridgehead atoms. The van der Waals surface area contributed by atoms with Crippen LogP contribution in [-0.4, -0.2) is 20.8 Å². The molecule has 0 heterocycles. The predicted molar refractivity (Wildman–Crippen MR) is 58.4 cm³/mol. The van der Waals surface area contributed by atoms with Gasteiger partial charge in [0.2, 0.25) is 0 Å². The lowest BCUT2D eigenvalue weighted by Crippen LogP contribution is -2.05. The number of ether oxygens (including phenoxy) is 2. The van der Waals surface area contributed by atoms with Crippen LogP contribution in [0, 0.1) is 0 Å². The molecule has 0 amide bonds. The van der Waals surface area contributed by atoms with Gasteiger partial charge in [-0.1, -0.05) is 11.6 Å². The quantitative estimate of drug-likeness (QED) is 0.785. The van der Waals surface area contributed by atoms with Crippen LogP contribution >= 0.6 is 11.6 Å². The minimum absolute atomic E-state index is 0.391. The van der Waals surface area contributed by atoms with E-state index in [-0.39, 0.29) is 0 Å². The summed E-state index contributed by atoms with van der Waals surface area (Å²) in [6.45, 7) is 0.391. The van der Waals surface area contributed by atoms with Gasteiger partial charge in [-0.05, 0) is 6.07 Å². The van der Waals surface area contributed by atoms with Gasteiger partial charge in [0.1, 0.15) is 11.5 Å². The topological polar surface area (TPSA) is 53.7 Å². The van der Waals surface area contributed by atoms with Gasteiger partial charge in [0.05, 0.1) is 25.8 Å². The van der Waals surface area contributed by atoms with Crippen molar-refractivity contribution in [1.29, 1.82) is 0 Å². The first-order chi connectivity index (χ1) is 7.22. The summed E-state index contributed by atoms with van der Waals surface area (Å²) in [6, 6.07) is 3.51. The zero-order chi connectivity index (χ0) is 11.3. The summed E-state index contributed by atoms with van der Waals surface area (Å²) in [4.78, 5) is 4.51. The Kier molecular flexibility index (Phi) is 4.68. The normalized spacial score (nSPS) is 10.1. The molecule has 0 fully saturated rings. The van der Waals surface area contributed by atoms with E-state index in [0.717, 1.165) is 5.56 Å². The van der Waals surface area contributed by atoms with E-state index in [1.54, 1.807) is 26.4 Å². The van der Waals surface area contributed by atoms with Gasteiger partial charge in [-0.15, -0.1) is 0 Å². The minimum atomic E-state index is 0.391. The van der Waals surface area contributed by atoms with Crippen LogP contribution in [-0.2, 0) is 11.3 Å². The number of nitrogens with two attached hydrogens (primary N) is 1. The number of rotatable bonds is 5. The van der Waals surface area contributed by atoms with Crippen molar-refractivity contribution in [3.8, 4) is 11.5 Å². The molecule has 1 rings (SSSR count). The smallest absolute Gasteiger partial charge is 0.127 e. The van der Waals surface area contributed by atoms with Crippen molar-refractivity contribution in [3.63, 3.8) is 0 Å². The first kappa shape index (κ1) is 12.1. The number of methoxy groups -OCH3 is 2. The highest BCUT2D eigenvalue weighted by molar-refractivity contribution is 6.31. The zero-order valence-corrected chi connectivity index (χ0v) is 9.50. The van der Waals surface area contributed by atoms with E-state index in [1.807, 2.05) is 0 Å². The van der Waals surface area contributed by atoms with Crippen molar-refractivity contribution in [1.82, 2.24) is 0 Å². The molecular weight excluding hydrogens is 218 g/mol. The maximum absolute atomic E-state index is 6.07. The maximum atomic E-state index is 6.07. The Bertz CT molecular complexity index is 331. The highest BCUT2D eigenvalue weighted by atomic mass is 35.5. The van der Waals surface area contributed by atoms with Gasteiger partial charge in [-0.3, -0.25) is 0 Å². The Balaban J connectivity index is 3.01. The van der Waals surface area contributed by atoms with Gasteiger partial charge in [0, 0.05) is 18.1 Å². The average Bonchev–Trinajstić information content (AvgIpc) is 2.26. The van der Waals surface area contributed by atoms with E-state index in [9.17, 15) is 0 Å². The molecule has 0 saturated carbocycles. The van der Waals surface area contributed by atoms with Gasteiger partial charge in [-0.25, -0.2) is 5.90 Å². The fourth-order valence-corrected chi connectivity index (χ4v) is 1.59. The molecule has 0 spiro atoms. The van der Waals surface area contributed by atoms with Gasteiger partial charge >= 0.3 is 0 Å². The van der Waals surface area contributed by atoms with Crippen molar-refractivity contribution in [3.05, 3.63) is 22.7 Å². The first-order valence-corrected chi connectivity index (χ1v) is 4.82. The number of benzene rings is 1. The molecule has 0 aliphatic heterocycles. The molecule has 0 saturated heterocycles. The Hall–Kier alpha value is -0.970. The predicted octanol–water partition coefficient (Wildman–Crippen LogP) is 1.79. The SMILES string of the molecule is COc1cc(Cl)c(CCON)c(OC)c1. The van der Waals surface area contributed by atoms with Crippen molar-refractivity contribution < 1.29 is 14.3 Å². The largest absolute Gasteiger partial charge is 0.497 e. The van der Waals surface area contributed by atoms with Crippen molar-refractivity contribution >= 4 is 11.6 Å². The molecule has 0 atom stereocenters. The zero-order valence-electron chi connectivity index (χ0n) is 8.75. The van der Waals surface area contributed by atoms with Gasteiger partial charge in [-0.2, -0.15) is 0 Å². The van der Waals surface area contributed by atoms with Crippen LogP contribution in [0.2, 0.25) is 5.02 Å². The third kappa shape index (κ3) is 2.99. The highest BCUT2D eigenvalue weighted by Gasteiger charge is 2.10. The molecule has 0 aliphatic carbocycles. The molecule has 2 N–H and O–H groups in total. The van der Waals surface area contributed by atoms with E-state index in [4.69, 9.17) is 27.0 Å². The summed E-state index contributed by atoms with van der Waals surface area (Å²) in [5, 5.41) is 0.586. The van der Waals surface area contributed by atoms with Crippen molar-refractivity contribution in [2.24, 2.45) is 5.90 Å². The molecule has 0 unspecified atom stereocenters. The second-order valence-corrected chi connectivity index (χ2v) is 3.32.